The number of amides is 2. The van der Waals surface area contributed by atoms with E-state index < -0.39 is 0 Å². The fourth-order valence-electron chi connectivity index (χ4n) is 3.14. The molecule has 1 N–H and O–H groups in total. The average Bonchev–Trinajstić information content (AvgIpc) is 2.68. The number of ether oxygens (including phenoxy) is 1. The Bertz CT molecular complexity index is 738. The molecule has 2 aromatic rings. The van der Waals surface area contributed by atoms with Crippen LogP contribution in [0.2, 0.25) is 0 Å². The van der Waals surface area contributed by atoms with Crippen molar-refractivity contribution in [1.82, 2.24) is 4.90 Å². The van der Waals surface area contributed by atoms with Crippen LogP contribution in [0, 0.1) is 5.92 Å². The molecule has 0 aromatic heterocycles. The van der Waals surface area contributed by atoms with Crippen molar-refractivity contribution in [1.29, 1.82) is 0 Å². The highest BCUT2D eigenvalue weighted by Gasteiger charge is 2.28. The molecular weight excluding hydrogens is 316 g/mol. The van der Waals surface area contributed by atoms with Crippen LogP contribution in [0.25, 0.3) is 11.1 Å². The highest BCUT2D eigenvalue weighted by Crippen LogP contribution is 2.28. The first-order valence-electron chi connectivity index (χ1n) is 8.47. The number of carbonyl (C=O) groups is 2. The van der Waals surface area contributed by atoms with Gasteiger partial charge in [0.15, 0.2) is 0 Å². The molecule has 2 aromatic carbocycles. The molecule has 1 aliphatic heterocycles. The fraction of sp³-hybridized carbons (Fsp3) is 0.300. The van der Waals surface area contributed by atoms with E-state index in [-0.39, 0.29) is 17.9 Å². The standard InChI is InChI=1S/C20H22N2O3/c1-25-19(23)16-11-13-22(14-12-16)20(24)21-18-10-6-5-9-17(18)15-7-3-2-4-8-15/h2-10,16H,11-14H2,1H3,(H,21,24). The lowest BCUT2D eigenvalue weighted by Crippen LogP contribution is -2.42. The number of urea groups is 1. The van der Waals surface area contributed by atoms with Crippen LogP contribution in [0.4, 0.5) is 10.5 Å². The molecule has 130 valence electrons. The van der Waals surface area contributed by atoms with Crippen molar-refractivity contribution >= 4 is 17.7 Å². The largest absolute Gasteiger partial charge is 0.469 e. The zero-order valence-electron chi connectivity index (χ0n) is 14.3. The monoisotopic (exact) mass is 338 g/mol. The molecule has 0 aliphatic carbocycles. The van der Waals surface area contributed by atoms with Crippen LogP contribution < -0.4 is 5.32 Å². The summed E-state index contributed by atoms with van der Waals surface area (Å²) in [5.41, 5.74) is 2.83. The van der Waals surface area contributed by atoms with Gasteiger partial charge in [0.1, 0.15) is 0 Å². The lowest BCUT2D eigenvalue weighted by atomic mass is 9.97. The van der Waals surface area contributed by atoms with Crippen molar-refractivity contribution in [3.8, 4) is 11.1 Å². The lowest BCUT2D eigenvalue weighted by Gasteiger charge is -2.31. The number of methoxy groups -OCH3 is 1. The summed E-state index contributed by atoms with van der Waals surface area (Å²) in [4.78, 5) is 25.9. The number of nitrogens with zero attached hydrogens (tertiary/aromatic N) is 1. The second kappa shape index (κ2) is 7.83. The molecule has 0 atom stereocenters. The normalized spacial score (nSPS) is 14.8. The van der Waals surface area contributed by atoms with Crippen molar-refractivity contribution in [3.63, 3.8) is 0 Å². The van der Waals surface area contributed by atoms with E-state index in [9.17, 15) is 9.59 Å². The number of anilines is 1. The minimum atomic E-state index is -0.186. The molecule has 1 aliphatic rings. The lowest BCUT2D eigenvalue weighted by molar-refractivity contribution is -0.146. The predicted molar refractivity (Wildman–Crippen MR) is 97.2 cm³/mol. The Morgan fingerprint density at radius 1 is 1.00 bits per heavy atom. The van der Waals surface area contributed by atoms with Gasteiger partial charge in [0.2, 0.25) is 0 Å². The van der Waals surface area contributed by atoms with E-state index in [0.717, 1.165) is 16.8 Å². The van der Waals surface area contributed by atoms with E-state index in [1.54, 1.807) is 4.90 Å². The van der Waals surface area contributed by atoms with Crippen LogP contribution in [0.5, 0.6) is 0 Å². The molecule has 0 spiro atoms. The number of nitrogens with one attached hydrogen (secondary N) is 1. The molecule has 1 fully saturated rings. The Labute approximate surface area is 147 Å². The Hall–Kier alpha value is -2.82. The number of rotatable bonds is 3. The minimum absolute atomic E-state index is 0.106. The van der Waals surface area contributed by atoms with E-state index >= 15 is 0 Å². The number of para-hydroxylation sites is 1. The van der Waals surface area contributed by atoms with Crippen molar-refractivity contribution < 1.29 is 14.3 Å². The third-order valence-corrected chi connectivity index (χ3v) is 4.57. The molecule has 1 saturated heterocycles. The van der Waals surface area contributed by atoms with Crippen LogP contribution in [-0.2, 0) is 9.53 Å². The van der Waals surface area contributed by atoms with Crippen LogP contribution >= 0.6 is 0 Å². The zero-order valence-corrected chi connectivity index (χ0v) is 14.3. The van der Waals surface area contributed by atoms with Gasteiger partial charge in [0.05, 0.1) is 18.7 Å². The van der Waals surface area contributed by atoms with E-state index in [0.29, 0.717) is 25.9 Å². The summed E-state index contributed by atoms with van der Waals surface area (Å²) >= 11 is 0. The number of hydrogen-bond acceptors (Lipinski definition) is 3. The Morgan fingerprint density at radius 2 is 1.64 bits per heavy atom. The number of likely N-dealkylation sites (tertiary alicyclic amines) is 1. The smallest absolute Gasteiger partial charge is 0.321 e. The van der Waals surface area contributed by atoms with Crippen LogP contribution in [-0.4, -0.2) is 37.1 Å². The quantitative estimate of drug-likeness (QED) is 0.867. The Kier molecular flexibility index (Phi) is 5.33. The molecule has 0 saturated carbocycles. The van der Waals surface area contributed by atoms with Gasteiger partial charge in [-0.2, -0.15) is 0 Å². The highest BCUT2D eigenvalue weighted by molar-refractivity contribution is 5.94. The number of benzene rings is 2. The summed E-state index contributed by atoms with van der Waals surface area (Å²) in [6, 6.07) is 17.6. The summed E-state index contributed by atoms with van der Waals surface area (Å²) in [6.07, 6.45) is 1.28. The molecule has 5 heteroatoms. The average molecular weight is 338 g/mol. The maximum atomic E-state index is 12.6. The van der Waals surface area contributed by atoms with Gasteiger partial charge < -0.3 is 15.0 Å². The SMILES string of the molecule is COC(=O)C1CCN(C(=O)Nc2ccccc2-c2ccccc2)CC1. The first-order chi connectivity index (χ1) is 12.2. The van der Waals surface area contributed by atoms with Gasteiger partial charge in [-0.1, -0.05) is 48.5 Å². The molecule has 25 heavy (non-hydrogen) atoms. The van der Waals surface area contributed by atoms with Gasteiger partial charge in [-0.15, -0.1) is 0 Å². The van der Waals surface area contributed by atoms with E-state index in [1.807, 2.05) is 54.6 Å². The summed E-state index contributed by atoms with van der Waals surface area (Å²) < 4.78 is 4.79. The van der Waals surface area contributed by atoms with Crippen molar-refractivity contribution in [2.45, 2.75) is 12.8 Å². The van der Waals surface area contributed by atoms with Gasteiger partial charge in [0.25, 0.3) is 0 Å². The fourth-order valence-corrected chi connectivity index (χ4v) is 3.14. The first kappa shape index (κ1) is 17.0. The highest BCUT2D eigenvalue weighted by atomic mass is 16.5. The molecule has 0 bridgehead atoms. The summed E-state index contributed by atoms with van der Waals surface area (Å²) in [5.74, 6) is -0.292. The van der Waals surface area contributed by atoms with E-state index in [2.05, 4.69) is 5.32 Å². The predicted octanol–water partition coefficient (Wildman–Crippen LogP) is 3.77. The van der Waals surface area contributed by atoms with Crippen molar-refractivity contribution in [3.05, 3.63) is 54.6 Å². The van der Waals surface area contributed by atoms with Crippen molar-refractivity contribution in [2.24, 2.45) is 5.92 Å². The molecule has 2 amide bonds. The van der Waals surface area contributed by atoms with Gasteiger partial charge in [0, 0.05) is 18.7 Å². The summed E-state index contributed by atoms with van der Waals surface area (Å²) in [7, 11) is 1.40. The minimum Gasteiger partial charge on any atom is -0.469 e. The van der Waals surface area contributed by atoms with Crippen LogP contribution in [0.1, 0.15) is 12.8 Å². The molecule has 1 heterocycles. The van der Waals surface area contributed by atoms with E-state index in [4.69, 9.17) is 4.74 Å². The molecule has 0 unspecified atom stereocenters. The molecule has 3 rings (SSSR count). The number of carbonyl (C=O) groups excluding carboxylic acids is 2. The first-order valence-corrected chi connectivity index (χ1v) is 8.47. The van der Waals surface area contributed by atoms with Crippen molar-refractivity contribution in [2.75, 3.05) is 25.5 Å². The van der Waals surface area contributed by atoms with Crippen LogP contribution in [0.3, 0.4) is 0 Å². The third kappa shape index (κ3) is 3.99. The Balaban J connectivity index is 1.68. The maximum absolute atomic E-state index is 12.6. The van der Waals surface area contributed by atoms with Gasteiger partial charge in [-0.05, 0) is 24.5 Å². The summed E-state index contributed by atoms with van der Waals surface area (Å²) in [5, 5.41) is 3.01. The molecule has 5 nitrogen and oxygen atoms in total. The number of hydrogen-bond donors (Lipinski definition) is 1. The van der Waals surface area contributed by atoms with E-state index in [1.165, 1.54) is 7.11 Å². The number of esters is 1. The summed E-state index contributed by atoms with van der Waals surface area (Å²) in [6.45, 7) is 1.11. The van der Waals surface area contributed by atoms with Gasteiger partial charge in [-0.3, -0.25) is 4.79 Å². The Morgan fingerprint density at radius 3 is 2.32 bits per heavy atom. The van der Waals surface area contributed by atoms with Crippen LogP contribution in [0.15, 0.2) is 54.6 Å². The topological polar surface area (TPSA) is 58.6 Å². The molecule has 0 radical (unpaired) electrons. The molecular formula is C20H22N2O3. The van der Waals surface area contributed by atoms with Gasteiger partial charge >= 0.3 is 12.0 Å². The zero-order chi connectivity index (χ0) is 17.6. The second-order valence-corrected chi connectivity index (χ2v) is 6.13. The van der Waals surface area contributed by atoms with Gasteiger partial charge in [-0.25, -0.2) is 4.79 Å². The number of piperidine rings is 1. The maximum Gasteiger partial charge on any atom is 0.321 e. The second-order valence-electron chi connectivity index (χ2n) is 6.13. The third-order valence-electron chi connectivity index (χ3n) is 4.57.